The molecule has 6 heteroatoms. The van der Waals surface area contributed by atoms with Gasteiger partial charge in [-0.1, -0.05) is 0 Å². The minimum atomic E-state index is -0.155. The Kier molecular flexibility index (Phi) is 3.16. The van der Waals surface area contributed by atoms with Gasteiger partial charge in [-0.15, -0.1) is 11.3 Å². The number of thiazole rings is 1. The van der Waals surface area contributed by atoms with Gasteiger partial charge in [-0.25, -0.2) is 4.98 Å². The molecule has 1 saturated heterocycles. The average molecular weight is 275 g/mol. The Bertz CT molecular complexity index is 585. The van der Waals surface area contributed by atoms with Crippen molar-refractivity contribution in [2.45, 2.75) is 18.9 Å². The molecule has 19 heavy (non-hydrogen) atoms. The zero-order valence-electron chi connectivity index (χ0n) is 10.2. The summed E-state index contributed by atoms with van der Waals surface area (Å²) in [6.45, 7) is 0.699. The summed E-state index contributed by atoms with van der Waals surface area (Å²) in [7, 11) is 0. The summed E-state index contributed by atoms with van der Waals surface area (Å²) in [5, 5.41) is 12.6. The fraction of sp³-hybridized carbons (Fsp3) is 0.308. The molecule has 1 aliphatic rings. The molecule has 1 N–H and O–H groups in total. The fourth-order valence-electron chi connectivity index (χ4n) is 2.39. The van der Waals surface area contributed by atoms with E-state index in [1.54, 1.807) is 28.5 Å². The maximum atomic E-state index is 12.5. The molecule has 1 atom stereocenters. The molecule has 3 rings (SSSR count). The summed E-state index contributed by atoms with van der Waals surface area (Å²) in [5.41, 5.74) is 0.304. The molecule has 0 bridgehead atoms. The lowest BCUT2D eigenvalue weighted by molar-refractivity contribution is 0.0732. The zero-order valence-corrected chi connectivity index (χ0v) is 11.0. The number of pyridine rings is 1. The van der Waals surface area contributed by atoms with Gasteiger partial charge in [0.1, 0.15) is 10.8 Å². The Labute approximate surface area is 114 Å². The summed E-state index contributed by atoms with van der Waals surface area (Å²) in [5.74, 6) is -0.227. The van der Waals surface area contributed by atoms with E-state index in [2.05, 4.69) is 9.97 Å². The van der Waals surface area contributed by atoms with Crippen LogP contribution in [0.5, 0.6) is 5.75 Å². The van der Waals surface area contributed by atoms with Crippen LogP contribution >= 0.6 is 11.3 Å². The molecule has 0 aliphatic carbocycles. The molecule has 1 aliphatic heterocycles. The van der Waals surface area contributed by atoms with E-state index < -0.39 is 0 Å². The van der Waals surface area contributed by atoms with Gasteiger partial charge in [-0.05, 0) is 18.9 Å². The molecule has 2 aromatic rings. The predicted molar refractivity (Wildman–Crippen MR) is 71.0 cm³/mol. The molecule has 1 fully saturated rings. The molecule has 98 valence electrons. The first-order valence-electron chi connectivity index (χ1n) is 6.10. The van der Waals surface area contributed by atoms with Crippen molar-refractivity contribution in [2.24, 2.45) is 0 Å². The number of carbonyl (C=O) groups excluding carboxylic acids is 1. The predicted octanol–water partition coefficient (Wildman–Crippen LogP) is 2.22. The van der Waals surface area contributed by atoms with E-state index in [-0.39, 0.29) is 17.7 Å². The van der Waals surface area contributed by atoms with Gasteiger partial charge < -0.3 is 10.0 Å². The number of likely N-dealkylation sites (tertiary alicyclic amines) is 1. The minimum Gasteiger partial charge on any atom is -0.505 e. The van der Waals surface area contributed by atoms with E-state index in [1.807, 2.05) is 5.38 Å². The summed E-state index contributed by atoms with van der Waals surface area (Å²) in [4.78, 5) is 22.4. The van der Waals surface area contributed by atoms with Crippen LogP contribution in [0.15, 0.2) is 30.0 Å². The third-order valence-corrected chi connectivity index (χ3v) is 4.16. The molecule has 0 spiro atoms. The van der Waals surface area contributed by atoms with Crippen molar-refractivity contribution in [1.82, 2.24) is 14.9 Å². The second kappa shape index (κ2) is 4.97. The van der Waals surface area contributed by atoms with Crippen molar-refractivity contribution in [1.29, 1.82) is 0 Å². The molecule has 1 unspecified atom stereocenters. The third-order valence-electron chi connectivity index (χ3n) is 3.28. The van der Waals surface area contributed by atoms with Gasteiger partial charge in [-0.2, -0.15) is 0 Å². The van der Waals surface area contributed by atoms with Crippen LogP contribution in [-0.2, 0) is 0 Å². The molecular formula is C13H13N3O2S. The number of carbonyl (C=O) groups is 1. The SMILES string of the molecule is O=C(c1ccncc1O)N1CCCC1c1nccs1. The van der Waals surface area contributed by atoms with Crippen LogP contribution in [0.3, 0.4) is 0 Å². The van der Waals surface area contributed by atoms with Crippen LogP contribution < -0.4 is 0 Å². The number of rotatable bonds is 2. The fourth-order valence-corrected chi connectivity index (χ4v) is 3.17. The Morgan fingerprint density at radius 2 is 2.37 bits per heavy atom. The zero-order chi connectivity index (χ0) is 13.2. The smallest absolute Gasteiger partial charge is 0.258 e. The van der Waals surface area contributed by atoms with Gasteiger partial charge in [-0.3, -0.25) is 9.78 Å². The molecule has 3 heterocycles. The number of amides is 1. The maximum Gasteiger partial charge on any atom is 0.258 e. The van der Waals surface area contributed by atoms with E-state index >= 15 is 0 Å². The summed E-state index contributed by atoms with van der Waals surface area (Å²) >= 11 is 1.56. The number of aromatic nitrogens is 2. The van der Waals surface area contributed by atoms with Crippen molar-refractivity contribution >= 4 is 17.2 Å². The highest BCUT2D eigenvalue weighted by atomic mass is 32.1. The molecule has 5 nitrogen and oxygen atoms in total. The highest BCUT2D eigenvalue weighted by Crippen LogP contribution is 2.34. The quantitative estimate of drug-likeness (QED) is 0.912. The Morgan fingerprint density at radius 1 is 1.47 bits per heavy atom. The summed E-state index contributed by atoms with van der Waals surface area (Å²) in [6, 6.07) is 1.58. The van der Waals surface area contributed by atoms with E-state index in [0.717, 1.165) is 17.8 Å². The topological polar surface area (TPSA) is 66.3 Å². The van der Waals surface area contributed by atoms with Crippen molar-refractivity contribution in [2.75, 3.05) is 6.54 Å². The van der Waals surface area contributed by atoms with Gasteiger partial charge in [0.15, 0.2) is 0 Å². The normalized spacial score (nSPS) is 18.7. The van der Waals surface area contributed by atoms with Gasteiger partial charge in [0.25, 0.3) is 5.91 Å². The average Bonchev–Trinajstić information content (AvgIpc) is 3.09. The molecule has 1 amide bonds. The highest BCUT2D eigenvalue weighted by Gasteiger charge is 2.33. The molecule has 0 radical (unpaired) electrons. The second-order valence-electron chi connectivity index (χ2n) is 4.42. The van der Waals surface area contributed by atoms with Gasteiger partial charge >= 0.3 is 0 Å². The molecule has 2 aromatic heterocycles. The Balaban J connectivity index is 1.89. The molecule has 0 aromatic carbocycles. The Hall–Kier alpha value is -1.95. The van der Waals surface area contributed by atoms with E-state index in [0.29, 0.717) is 12.1 Å². The number of hydrogen-bond donors (Lipinski definition) is 1. The third kappa shape index (κ3) is 2.19. The first-order chi connectivity index (χ1) is 9.27. The largest absolute Gasteiger partial charge is 0.505 e. The van der Waals surface area contributed by atoms with Crippen molar-refractivity contribution in [3.63, 3.8) is 0 Å². The van der Waals surface area contributed by atoms with Crippen LogP contribution in [0.1, 0.15) is 34.2 Å². The number of nitrogens with zero attached hydrogens (tertiary/aromatic N) is 3. The van der Waals surface area contributed by atoms with E-state index in [4.69, 9.17) is 0 Å². The van der Waals surface area contributed by atoms with Crippen LogP contribution in [0.4, 0.5) is 0 Å². The first-order valence-corrected chi connectivity index (χ1v) is 6.98. The highest BCUT2D eigenvalue weighted by molar-refractivity contribution is 7.09. The minimum absolute atomic E-state index is 0.0278. The van der Waals surface area contributed by atoms with Crippen LogP contribution in [0.25, 0.3) is 0 Å². The molecule has 0 saturated carbocycles. The lowest BCUT2D eigenvalue weighted by atomic mass is 10.2. The maximum absolute atomic E-state index is 12.5. The standard InChI is InChI=1S/C13H13N3O2S/c17-11-8-14-4-3-9(11)13(18)16-6-1-2-10(16)12-15-5-7-19-12/h3-5,7-8,10,17H,1-2,6H2. The number of hydrogen-bond acceptors (Lipinski definition) is 5. The first kappa shape index (κ1) is 12.1. The van der Waals surface area contributed by atoms with E-state index in [9.17, 15) is 9.90 Å². The number of aromatic hydroxyl groups is 1. The van der Waals surface area contributed by atoms with Crippen LogP contribution in [0, 0.1) is 0 Å². The van der Waals surface area contributed by atoms with Crippen LogP contribution in [0.2, 0.25) is 0 Å². The molecular weight excluding hydrogens is 262 g/mol. The van der Waals surface area contributed by atoms with Crippen LogP contribution in [-0.4, -0.2) is 32.4 Å². The lowest BCUT2D eigenvalue weighted by Crippen LogP contribution is -2.30. The van der Waals surface area contributed by atoms with Crippen molar-refractivity contribution < 1.29 is 9.90 Å². The van der Waals surface area contributed by atoms with E-state index in [1.165, 1.54) is 12.4 Å². The van der Waals surface area contributed by atoms with Crippen molar-refractivity contribution in [3.8, 4) is 5.75 Å². The monoisotopic (exact) mass is 275 g/mol. The Morgan fingerprint density at radius 3 is 3.11 bits per heavy atom. The van der Waals surface area contributed by atoms with Gasteiger partial charge in [0.05, 0.1) is 17.8 Å². The van der Waals surface area contributed by atoms with Crippen molar-refractivity contribution in [3.05, 3.63) is 40.6 Å². The summed E-state index contributed by atoms with van der Waals surface area (Å²) < 4.78 is 0. The second-order valence-corrected chi connectivity index (χ2v) is 5.35. The summed E-state index contributed by atoms with van der Waals surface area (Å²) in [6.07, 6.45) is 6.45. The lowest BCUT2D eigenvalue weighted by Gasteiger charge is -2.23. The van der Waals surface area contributed by atoms with Gasteiger partial charge in [0.2, 0.25) is 0 Å². The van der Waals surface area contributed by atoms with Gasteiger partial charge in [0, 0.05) is 24.3 Å².